The van der Waals surface area contributed by atoms with E-state index in [-0.39, 0.29) is 11.5 Å². The normalized spacial score (nSPS) is 11.9. The van der Waals surface area contributed by atoms with Gasteiger partial charge >= 0.3 is 0 Å². The molecule has 0 saturated heterocycles. The van der Waals surface area contributed by atoms with E-state index >= 15 is 0 Å². The first-order chi connectivity index (χ1) is 8.39. The number of benzene rings is 1. The van der Waals surface area contributed by atoms with Crippen molar-refractivity contribution in [1.29, 1.82) is 0 Å². The van der Waals surface area contributed by atoms with Gasteiger partial charge in [0.25, 0.3) is 0 Å². The largest absolute Gasteiger partial charge is 0.508 e. The van der Waals surface area contributed by atoms with Gasteiger partial charge in [0.2, 0.25) is 10.0 Å². The summed E-state index contributed by atoms with van der Waals surface area (Å²) < 4.78 is 25.8. The van der Waals surface area contributed by atoms with E-state index < -0.39 is 10.0 Å². The van der Waals surface area contributed by atoms with E-state index in [0.29, 0.717) is 25.3 Å². The third kappa shape index (κ3) is 6.02. The highest BCUT2D eigenvalue weighted by Gasteiger charge is 2.10. The van der Waals surface area contributed by atoms with Crippen LogP contribution in [-0.4, -0.2) is 25.8 Å². The molecular formula is C13H21NO3S. The summed E-state index contributed by atoms with van der Waals surface area (Å²) in [5, 5.41) is 9.12. The molecule has 1 aromatic carbocycles. The Morgan fingerprint density at radius 2 is 1.83 bits per heavy atom. The van der Waals surface area contributed by atoms with Gasteiger partial charge in [-0.2, -0.15) is 0 Å². The molecule has 0 radical (unpaired) electrons. The lowest BCUT2D eigenvalue weighted by molar-refractivity contribution is 0.475. The molecule has 0 aliphatic carbocycles. The smallest absolute Gasteiger partial charge is 0.211 e. The second kappa shape index (κ2) is 6.75. The lowest BCUT2D eigenvalue weighted by Crippen LogP contribution is -2.28. The maximum absolute atomic E-state index is 11.6. The molecule has 0 aromatic heterocycles. The lowest BCUT2D eigenvalue weighted by Gasteiger charge is -2.08. The van der Waals surface area contributed by atoms with Crippen LogP contribution in [0.15, 0.2) is 24.3 Å². The van der Waals surface area contributed by atoms with Crippen molar-refractivity contribution in [3.8, 4) is 5.75 Å². The molecule has 18 heavy (non-hydrogen) atoms. The van der Waals surface area contributed by atoms with Crippen LogP contribution in [0, 0.1) is 5.92 Å². The van der Waals surface area contributed by atoms with E-state index in [9.17, 15) is 8.42 Å². The van der Waals surface area contributed by atoms with Crippen molar-refractivity contribution in [3.63, 3.8) is 0 Å². The van der Waals surface area contributed by atoms with Crippen molar-refractivity contribution in [2.45, 2.75) is 26.7 Å². The van der Waals surface area contributed by atoms with Crippen LogP contribution in [0.5, 0.6) is 5.75 Å². The van der Waals surface area contributed by atoms with Gasteiger partial charge in [0, 0.05) is 6.54 Å². The van der Waals surface area contributed by atoms with E-state index in [4.69, 9.17) is 5.11 Å². The van der Waals surface area contributed by atoms with E-state index in [1.165, 1.54) is 0 Å². The minimum atomic E-state index is -3.15. The number of phenolic OH excluding ortho intramolecular Hbond substituents is 1. The van der Waals surface area contributed by atoms with Gasteiger partial charge in [0.15, 0.2) is 0 Å². The number of hydrogen-bond acceptors (Lipinski definition) is 3. The number of nitrogens with one attached hydrogen (secondary N) is 1. The van der Waals surface area contributed by atoms with E-state index in [1.807, 2.05) is 13.8 Å². The molecule has 1 aromatic rings. The lowest BCUT2D eigenvalue weighted by atomic mass is 10.1. The summed E-state index contributed by atoms with van der Waals surface area (Å²) in [5.74, 6) is 0.787. The first-order valence-electron chi connectivity index (χ1n) is 6.14. The summed E-state index contributed by atoms with van der Waals surface area (Å²) in [6, 6.07) is 6.78. The Morgan fingerprint density at radius 1 is 1.22 bits per heavy atom. The van der Waals surface area contributed by atoms with E-state index in [1.54, 1.807) is 24.3 Å². The average molecular weight is 271 g/mol. The summed E-state index contributed by atoms with van der Waals surface area (Å²) in [5.41, 5.74) is 0.999. The first kappa shape index (κ1) is 15.0. The number of sulfonamides is 1. The fourth-order valence-electron chi connectivity index (χ4n) is 1.48. The van der Waals surface area contributed by atoms with Crippen LogP contribution in [0.1, 0.15) is 25.8 Å². The van der Waals surface area contributed by atoms with Crippen molar-refractivity contribution in [3.05, 3.63) is 29.8 Å². The molecule has 5 heteroatoms. The SMILES string of the molecule is CC(C)CCS(=O)(=O)NCCc1ccc(O)cc1. The van der Waals surface area contributed by atoms with Gasteiger partial charge in [-0.05, 0) is 36.5 Å². The Bertz CT molecular complexity index is 452. The zero-order valence-corrected chi connectivity index (χ0v) is 11.7. The Morgan fingerprint density at radius 3 is 2.39 bits per heavy atom. The van der Waals surface area contributed by atoms with Crippen LogP contribution < -0.4 is 4.72 Å². The summed E-state index contributed by atoms with van der Waals surface area (Å²) in [6.45, 7) is 4.41. The van der Waals surface area contributed by atoms with Crippen LogP contribution in [0.3, 0.4) is 0 Å². The second-order valence-corrected chi connectivity index (χ2v) is 6.74. The quantitative estimate of drug-likeness (QED) is 0.796. The third-order valence-electron chi connectivity index (χ3n) is 2.64. The summed E-state index contributed by atoms with van der Waals surface area (Å²) >= 11 is 0. The maximum Gasteiger partial charge on any atom is 0.211 e. The minimum absolute atomic E-state index is 0.181. The van der Waals surface area contributed by atoms with Crippen LogP contribution in [-0.2, 0) is 16.4 Å². The third-order valence-corrected chi connectivity index (χ3v) is 4.05. The average Bonchev–Trinajstić information content (AvgIpc) is 2.29. The fraction of sp³-hybridized carbons (Fsp3) is 0.538. The summed E-state index contributed by atoms with van der Waals surface area (Å²) in [6.07, 6.45) is 1.30. The molecule has 0 amide bonds. The molecule has 1 rings (SSSR count). The maximum atomic E-state index is 11.6. The van der Waals surface area contributed by atoms with Gasteiger partial charge < -0.3 is 5.11 Å². The predicted octanol–water partition coefficient (Wildman–Crippen LogP) is 1.90. The van der Waals surface area contributed by atoms with Crippen molar-refractivity contribution >= 4 is 10.0 Å². The molecule has 102 valence electrons. The van der Waals surface area contributed by atoms with Gasteiger partial charge in [-0.1, -0.05) is 26.0 Å². The number of phenols is 1. The second-order valence-electron chi connectivity index (χ2n) is 4.81. The molecule has 4 nitrogen and oxygen atoms in total. The molecule has 0 aliphatic heterocycles. The molecule has 0 bridgehead atoms. The Hall–Kier alpha value is -1.07. The van der Waals surface area contributed by atoms with Gasteiger partial charge in [-0.15, -0.1) is 0 Å². The van der Waals surface area contributed by atoms with Gasteiger partial charge in [-0.3, -0.25) is 0 Å². The van der Waals surface area contributed by atoms with E-state index in [0.717, 1.165) is 5.56 Å². The van der Waals surface area contributed by atoms with Crippen LogP contribution >= 0.6 is 0 Å². The van der Waals surface area contributed by atoms with Crippen molar-refractivity contribution in [2.75, 3.05) is 12.3 Å². The van der Waals surface area contributed by atoms with Gasteiger partial charge in [0.05, 0.1) is 5.75 Å². The Balaban J connectivity index is 2.34. The standard InChI is InChI=1S/C13H21NO3S/c1-11(2)8-10-18(16,17)14-9-7-12-3-5-13(15)6-4-12/h3-6,11,14-15H,7-10H2,1-2H3. The zero-order valence-electron chi connectivity index (χ0n) is 10.9. The zero-order chi connectivity index (χ0) is 13.6. The minimum Gasteiger partial charge on any atom is -0.508 e. The highest BCUT2D eigenvalue weighted by atomic mass is 32.2. The van der Waals surface area contributed by atoms with Crippen LogP contribution in [0.25, 0.3) is 0 Å². The van der Waals surface area contributed by atoms with E-state index in [2.05, 4.69) is 4.72 Å². The number of aromatic hydroxyl groups is 1. The molecule has 0 fully saturated rings. The highest BCUT2D eigenvalue weighted by Crippen LogP contribution is 2.09. The van der Waals surface area contributed by atoms with Gasteiger partial charge in [0.1, 0.15) is 5.75 Å². The monoisotopic (exact) mass is 271 g/mol. The molecule has 0 spiro atoms. The van der Waals surface area contributed by atoms with Crippen LogP contribution in [0.4, 0.5) is 0 Å². The number of hydrogen-bond donors (Lipinski definition) is 2. The van der Waals surface area contributed by atoms with Crippen LogP contribution in [0.2, 0.25) is 0 Å². The number of rotatable bonds is 7. The first-order valence-corrected chi connectivity index (χ1v) is 7.79. The predicted molar refractivity (Wildman–Crippen MR) is 73.1 cm³/mol. The molecule has 2 N–H and O–H groups in total. The van der Waals surface area contributed by atoms with Gasteiger partial charge in [-0.25, -0.2) is 13.1 Å². The molecular weight excluding hydrogens is 250 g/mol. The van der Waals surface area contributed by atoms with Crippen molar-refractivity contribution in [1.82, 2.24) is 4.72 Å². The molecule has 0 heterocycles. The highest BCUT2D eigenvalue weighted by molar-refractivity contribution is 7.89. The van der Waals surface area contributed by atoms with Crippen molar-refractivity contribution < 1.29 is 13.5 Å². The topological polar surface area (TPSA) is 66.4 Å². The molecule has 0 saturated carbocycles. The summed E-state index contributed by atoms with van der Waals surface area (Å²) in [7, 11) is -3.15. The molecule has 0 unspecified atom stereocenters. The van der Waals surface area contributed by atoms with Crippen molar-refractivity contribution in [2.24, 2.45) is 5.92 Å². The molecule has 0 atom stereocenters. The Kier molecular flexibility index (Phi) is 5.62. The molecule has 0 aliphatic rings. The fourth-order valence-corrected chi connectivity index (χ4v) is 2.82. The summed E-state index contributed by atoms with van der Waals surface area (Å²) in [4.78, 5) is 0. The Labute approximate surface area is 109 Å².